The smallest absolute Gasteiger partial charge is 0.357 e. The molecule has 1 fully saturated rings. The summed E-state index contributed by atoms with van der Waals surface area (Å²) in [5, 5.41) is 0. The summed E-state index contributed by atoms with van der Waals surface area (Å²) in [7, 11) is 2.13. The highest BCUT2D eigenvalue weighted by Crippen LogP contribution is 2.27. The van der Waals surface area contributed by atoms with E-state index in [-0.39, 0.29) is 0 Å². The molecule has 0 atom stereocenters. The molecule has 0 spiro atoms. The average molecular weight is 387 g/mol. The van der Waals surface area contributed by atoms with Crippen molar-refractivity contribution in [2.24, 2.45) is 0 Å². The Hall–Kier alpha value is -3.18. The highest BCUT2D eigenvalue weighted by molar-refractivity contribution is 5.87. The summed E-state index contributed by atoms with van der Waals surface area (Å²) < 4.78 is 5.89. The fraction of sp³-hybridized carbons (Fsp3) is 0.250. The third kappa shape index (κ3) is 4.63. The number of carbonyl (C=O) groups is 1. The lowest BCUT2D eigenvalue weighted by molar-refractivity contribution is 0.0371. The number of likely N-dealkylation sites (N-methyl/N-ethyl adjacent to an activating group) is 1. The average Bonchev–Trinajstić information content (AvgIpc) is 2.79. The first-order chi connectivity index (χ1) is 14.2. The predicted molar refractivity (Wildman–Crippen MR) is 114 cm³/mol. The number of ether oxygens (including phenoxy) is 1. The fourth-order valence-corrected chi connectivity index (χ4v) is 3.51. The van der Waals surface area contributed by atoms with Crippen LogP contribution < -0.4 is 4.90 Å². The molecule has 0 N–H and O–H groups in total. The lowest BCUT2D eigenvalue weighted by Crippen LogP contribution is -2.44. The lowest BCUT2D eigenvalue weighted by Gasteiger charge is -2.33. The topological polar surface area (TPSA) is 45.7 Å². The maximum atomic E-state index is 12.8. The van der Waals surface area contributed by atoms with E-state index in [0.29, 0.717) is 5.69 Å². The molecule has 4 rings (SSSR count). The van der Waals surface area contributed by atoms with Gasteiger partial charge in [-0.05, 0) is 30.3 Å². The van der Waals surface area contributed by atoms with Crippen LogP contribution in [-0.2, 0) is 4.74 Å². The van der Waals surface area contributed by atoms with Gasteiger partial charge in [-0.25, -0.2) is 9.78 Å². The monoisotopic (exact) mass is 387 g/mol. The molecular weight excluding hydrogens is 362 g/mol. The van der Waals surface area contributed by atoms with Crippen molar-refractivity contribution in [2.45, 2.75) is 6.10 Å². The minimum atomic E-state index is -0.469. The number of aromatic nitrogens is 1. The zero-order valence-electron chi connectivity index (χ0n) is 16.6. The van der Waals surface area contributed by atoms with E-state index in [1.807, 2.05) is 66.7 Å². The van der Waals surface area contributed by atoms with Crippen LogP contribution in [0.25, 0.3) is 0 Å². The van der Waals surface area contributed by atoms with Crippen LogP contribution in [0.4, 0.5) is 5.69 Å². The van der Waals surface area contributed by atoms with Crippen molar-refractivity contribution in [3.8, 4) is 0 Å². The largest absolute Gasteiger partial charge is 0.448 e. The molecule has 0 saturated carbocycles. The van der Waals surface area contributed by atoms with Crippen molar-refractivity contribution < 1.29 is 9.53 Å². The van der Waals surface area contributed by atoms with Crippen LogP contribution in [0.3, 0.4) is 0 Å². The molecule has 29 heavy (non-hydrogen) atoms. The third-order valence-electron chi connectivity index (χ3n) is 5.25. The van der Waals surface area contributed by atoms with E-state index in [1.54, 1.807) is 12.3 Å². The van der Waals surface area contributed by atoms with Gasteiger partial charge in [0, 0.05) is 26.2 Å². The first-order valence-electron chi connectivity index (χ1n) is 9.91. The number of nitrogens with zero attached hydrogens (tertiary/aromatic N) is 3. The Morgan fingerprint density at radius 3 is 1.97 bits per heavy atom. The normalized spacial score (nSPS) is 14.8. The highest BCUT2D eigenvalue weighted by atomic mass is 16.5. The molecule has 1 aromatic heterocycles. The Kier molecular flexibility index (Phi) is 5.86. The van der Waals surface area contributed by atoms with E-state index in [9.17, 15) is 4.79 Å². The van der Waals surface area contributed by atoms with Gasteiger partial charge in [0.1, 0.15) is 5.69 Å². The number of benzene rings is 2. The van der Waals surface area contributed by atoms with E-state index in [4.69, 9.17) is 4.74 Å². The number of esters is 1. The summed E-state index contributed by atoms with van der Waals surface area (Å²) >= 11 is 0. The molecule has 5 heteroatoms. The van der Waals surface area contributed by atoms with Gasteiger partial charge in [-0.2, -0.15) is 0 Å². The van der Waals surface area contributed by atoms with Gasteiger partial charge in [-0.3, -0.25) is 0 Å². The number of rotatable bonds is 5. The molecule has 5 nitrogen and oxygen atoms in total. The van der Waals surface area contributed by atoms with Crippen molar-refractivity contribution in [3.63, 3.8) is 0 Å². The molecule has 0 amide bonds. The zero-order valence-corrected chi connectivity index (χ0v) is 16.6. The first-order valence-corrected chi connectivity index (χ1v) is 9.91. The number of hydrogen-bond donors (Lipinski definition) is 0. The molecule has 2 heterocycles. The van der Waals surface area contributed by atoms with Crippen molar-refractivity contribution in [1.82, 2.24) is 9.88 Å². The van der Waals surface area contributed by atoms with Gasteiger partial charge in [0.2, 0.25) is 0 Å². The van der Waals surface area contributed by atoms with Crippen LogP contribution in [0, 0.1) is 0 Å². The van der Waals surface area contributed by atoms with Crippen LogP contribution in [0.15, 0.2) is 79.0 Å². The van der Waals surface area contributed by atoms with Gasteiger partial charge in [-0.15, -0.1) is 0 Å². The standard InChI is InChI=1S/C24H25N3O2/c1-26-14-16-27(17-15-26)21-12-13-22(25-18-21)24(28)29-23(19-8-4-2-5-9-19)20-10-6-3-7-11-20/h2-13,18,23H,14-17H2,1H3. The van der Waals surface area contributed by atoms with Crippen LogP contribution in [0.2, 0.25) is 0 Å². The summed E-state index contributed by atoms with van der Waals surface area (Å²) in [5.74, 6) is -0.423. The van der Waals surface area contributed by atoms with Gasteiger partial charge < -0.3 is 14.5 Å². The molecule has 0 unspecified atom stereocenters. The van der Waals surface area contributed by atoms with Crippen molar-refractivity contribution in [3.05, 3.63) is 95.8 Å². The van der Waals surface area contributed by atoms with Crippen LogP contribution in [0.5, 0.6) is 0 Å². The van der Waals surface area contributed by atoms with E-state index in [0.717, 1.165) is 43.0 Å². The number of pyridine rings is 1. The van der Waals surface area contributed by atoms with Crippen LogP contribution in [-0.4, -0.2) is 49.1 Å². The molecular formula is C24H25N3O2. The zero-order chi connectivity index (χ0) is 20.1. The van der Waals surface area contributed by atoms with Gasteiger partial charge >= 0.3 is 5.97 Å². The SMILES string of the molecule is CN1CCN(c2ccc(C(=O)OC(c3ccccc3)c3ccccc3)nc2)CC1. The quantitative estimate of drug-likeness (QED) is 0.624. The first kappa shape index (κ1) is 19.2. The third-order valence-corrected chi connectivity index (χ3v) is 5.25. The second-order valence-electron chi connectivity index (χ2n) is 7.30. The van der Waals surface area contributed by atoms with Crippen molar-refractivity contribution in [1.29, 1.82) is 0 Å². The number of carbonyl (C=O) groups excluding carboxylic acids is 1. The summed E-state index contributed by atoms with van der Waals surface area (Å²) in [6.07, 6.45) is 1.30. The van der Waals surface area contributed by atoms with Gasteiger partial charge in [0.25, 0.3) is 0 Å². The van der Waals surface area contributed by atoms with Gasteiger partial charge in [-0.1, -0.05) is 60.7 Å². The molecule has 148 valence electrons. The van der Waals surface area contributed by atoms with Crippen LogP contribution in [0.1, 0.15) is 27.7 Å². The second-order valence-corrected chi connectivity index (χ2v) is 7.30. The fourth-order valence-electron chi connectivity index (χ4n) is 3.51. The Morgan fingerprint density at radius 2 is 1.45 bits per heavy atom. The summed E-state index contributed by atoms with van der Waals surface area (Å²) in [4.78, 5) is 21.8. The highest BCUT2D eigenvalue weighted by Gasteiger charge is 2.21. The lowest BCUT2D eigenvalue weighted by atomic mass is 10.0. The number of anilines is 1. The summed E-state index contributed by atoms with van der Waals surface area (Å²) in [5.41, 5.74) is 3.22. The van der Waals surface area contributed by atoms with E-state index in [1.165, 1.54) is 0 Å². The Labute approximate surface area is 171 Å². The number of piperazine rings is 1. The molecule has 1 aliphatic rings. The molecule has 0 radical (unpaired) electrons. The molecule has 2 aromatic carbocycles. The maximum absolute atomic E-state index is 12.8. The molecule has 0 aliphatic carbocycles. The summed E-state index contributed by atoms with van der Waals surface area (Å²) in [6, 6.07) is 23.3. The van der Waals surface area contributed by atoms with E-state index >= 15 is 0 Å². The van der Waals surface area contributed by atoms with Gasteiger partial charge in [0.05, 0.1) is 11.9 Å². The van der Waals surface area contributed by atoms with E-state index in [2.05, 4.69) is 21.8 Å². The van der Waals surface area contributed by atoms with Crippen LogP contribution >= 0.6 is 0 Å². The second kappa shape index (κ2) is 8.88. The van der Waals surface area contributed by atoms with E-state index < -0.39 is 12.1 Å². The Balaban J connectivity index is 1.50. The Bertz CT molecular complexity index is 882. The minimum Gasteiger partial charge on any atom is -0.448 e. The maximum Gasteiger partial charge on any atom is 0.357 e. The molecule has 1 saturated heterocycles. The predicted octanol–water partition coefficient (Wildman–Crippen LogP) is 3.78. The molecule has 3 aromatic rings. The molecule has 0 bridgehead atoms. The van der Waals surface area contributed by atoms with Crippen molar-refractivity contribution >= 4 is 11.7 Å². The Morgan fingerprint density at radius 1 is 0.862 bits per heavy atom. The van der Waals surface area contributed by atoms with Gasteiger partial charge in [0.15, 0.2) is 6.10 Å². The summed E-state index contributed by atoms with van der Waals surface area (Å²) in [6.45, 7) is 3.98. The minimum absolute atomic E-state index is 0.319. The van der Waals surface area contributed by atoms with Crippen molar-refractivity contribution in [2.75, 3.05) is 38.1 Å². The number of hydrogen-bond acceptors (Lipinski definition) is 5. The molecule has 1 aliphatic heterocycles.